The standard InChI is InChI=1S/C8H7F2NOS/c9-5-2-1-3-6(8(5)10)11-7(12)4-13/h1-3,13H,4H2,(H,11,12). The first-order valence-electron chi connectivity index (χ1n) is 3.50. The lowest BCUT2D eigenvalue weighted by Gasteiger charge is -2.04. The molecule has 1 aromatic carbocycles. The monoisotopic (exact) mass is 203 g/mol. The minimum atomic E-state index is -1.06. The lowest BCUT2D eigenvalue weighted by molar-refractivity contribution is -0.113. The SMILES string of the molecule is O=C(CS)Nc1cccc(F)c1F. The Labute approximate surface area is 79.4 Å². The number of benzene rings is 1. The van der Waals surface area contributed by atoms with Gasteiger partial charge in [-0.25, -0.2) is 8.78 Å². The van der Waals surface area contributed by atoms with Crippen molar-refractivity contribution in [1.29, 1.82) is 0 Å². The highest BCUT2D eigenvalue weighted by Gasteiger charge is 2.08. The Balaban J connectivity index is 2.89. The highest BCUT2D eigenvalue weighted by Crippen LogP contribution is 2.16. The minimum Gasteiger partial charge on any atom is -0.323 e. The molecule has 0 fully saturated rings. The van der Waals surface area contributed by atoms with Crippen LogP contribution in [0.2, 0.25) is 0 Å². The van der Waals surface area contributed by atoms with Crippen LogP contribution in [0.1, 0.15) is 0 Å². The number of carbonyl (C=O) groups excluding carboxylic acids is 1. The molecular formula is C8H7F2NOS. The molecule has 0 radical (unpaired) electrons. The fraction of sp³-hybridized carbons (Fsp3) is 0.125. The van der Waals surface area contributed by atoms with E-state index in [1.807, 2.05) is 0 Å². The zero-order valence-electron chi connectivity index (χ0n) is 6.55. The molecule has 1 N–H and O–H groups in total. The summed E-state index contributed by atoms with van der Waals surface area (Å²) in [5, 5.41) is 2.17. The minimum absolute atomic E-state index is 0.0735. The predicted molar refractivity (Wildman–Crippen MR) is 48.8 cm³/mol. The van der Waals surface area contributed by atoms with Crippen LogP contribution in [0.4, 0.5) is 14.5 Å². The molecule has 1 aromatic rings. The van der Waals surface area contributed by atoms with Crippen molar-refractivity contribution in [3.63, 3.8) is 0 Å². The molecule has 5 heteroatoms. The van der Waals surface area contributed by atoms with Crippen LogP contribution >= 0.6 is 12.6 Å². The number of carbonyl (C=O) groups is 1. The third kappa shape index (κ3) is 2.42. The van der Waals surface area contributed by atoms with Gasteiger partial charge in [0, 0.05) is 0 Å². The van der Waals surface area contributed by atoms with E-state index in [1.54, 1.807) is 0 Å². The van der Waals surface area contributed by atoms with Gasteiger partial charge in [0.15, 0.2) is 11.6 Å². The summed E-state index contributed by atoms with van der Waals surface area (Å²) in [6, 6.07) is 3.57. The van der Waals surface area contributed by atoms with E-state index in [1.165, 1.54) is 12.1 Å². The van der Waals surface area contributed by atoms with Crippen LogP contribution in [-0.4, -0.2) is 11.7 Å². The van der Waals surface area contributed by atoms with Gasteiger partial charge in [0.2, 0.25) is 5.91 Å². The number of thiol groups is 1. The maximum absolute atomic E-state index is 12.9. The molecule has 0 spiro atoms. The lowest BCUT2D eigenvalue weighted by atomic mass is 10.3. The summed E-state index contributed by atoms with van der Waals surface area (Å²) in [6.07, 6.45) is 0. The van der Waals surface area contributed by atoms with E-state index in [9.17, 15) is 13.6 Å². The molecule has 0 aliphatic heterocycles. The van der Waals surface area contributed by atoms with Gasteiger partial charge in [-0.05, 0) is 12.1 Å². The number of amides is 1. The molecular weight excluding hydrogens is 196 g/mol. The van der Waals surface area contributed by atoms with Crippen molar-refractivity contribution in [2.24, 2.45) is 0 Å². The molecule has 0 unspecified atom stereocenters. The van der Waals surface area contributed by atoms with Crippen LogP contribution in [0, 0.1) is 11.6 Å². The Morgan fingerprint density at radius 2 is 2.15 bits per heavy atom. The van der Waals surface area contributed by atoms with Gasteiger partial charge < -0.3 is 5.32 Å². The van der Waals surface area contributed by atoms with Gasteiger partial charge in [-0.1, -0.05) is 6.07 Å². The molecule has 2 nitrogen and oxygen atoms in total. The van der Waals surface area contributed by atoms with E-state index in [0.29, 0.717) is 0 Å². The first-order valence-corrected chi connectivity index (χ1v) is 4.13. The van der Waals surface area contributed by atoms with Crippen molar-refractivity contribution in [2.45, 2.75) is 0 Å². The molecule has 0 saturated carbocycles. The van der Waals surface area contributed by atoms with E-state index in [-0.39, 0.29) is 11.4 Å². The average molecular weight is 203 g/mol. The van der Waals surface area contributed by atoms with Crippen LogP contribution in [0.3, 0.4) is 0 Å². The molecule has 0 atom stereocenters. The summed E-state index contributed by atoms with van der Waals surface area (Å²) in [6.45, 7) is 0. The van der Waals surface area contributed by atoms with E-state index in [0.717, 1.165) is 6.07 Å². The molecule has 0 bridgehead atoms. The Morgan fingerprint density at radius 3 is 2.77 bits per heavy atom. The molecule has 0 saturated heterocycles. The molecule has 0 aromatic heterocycles. The van der Waals surface area contributed by atoms with E-state index < -0.39 is 17.5 Å². The molecule has 0 aliphatic rings. The highest BCUT2D eigenvalue weighted by molar-refractivity contribution is 7.81. The van der Waals surface area contributed by atoms with E-state index in [2.05, 4.69) is 17.9 Å². The summed E-state index contributed by atoms with van der Waals surface area (Å²) in [4.78, 5) is 10.8. The van der Waals surface area contributed by atoms with Crippen LogP contribution in [-0.2, 0) is 4.79 Å². The second kappa shape index (κ2) is 4.23. The topological polar surface area (TPSA) is 29.1 Å². The largest absolute Gasteiger partial charge is 0.323 e. The second-order valence-corrected chi connectivity index (χ2v) is 2.62. The number of halogens is 2. The third-order valence-corrected chi connectivity index (χ3v) is 1.66. The summed E-state index contributed by atoms with van der Waals surface area (Å²) in [5.41, 5.74) is -0.168. The molecule has 0 aliphatic carbocycles. The van der Waals surface area contributed by atoms with Gasteiger partial charge in [-0.2, -0.15) is 12.6 Å². The summed E-state index contributed by atoms with van der Waals surface area (Å²) in [5.74, 6) is -2.60. The van der Waals surface area contributed by atoms with Crippen LogP contribution in [0.5, 0.6) is 0 Å². The van der Waals surface area contributed by atoms with Gasteiger partial charge in [0.25, 0.3) is 0 Å². The van der Waals surface area contributed by atoms with Gasteiger partial charge >= 0.3 is 0 Å². The first-order chi connectivity index (χ1) is 6.15. The molecule has 1 rings (SSSR count). The zero-order chi connectivity index (χ0) is 9.84. The van der Waals surface area contributed by atoms with Gasteiger partial charge in [-0.15, -0.1) is 0 Å². The predicted octanol–water partition coefficient (Wildman–Crippen LogP) is 1.83. The maximum Gasteiger partial charge on any atom is 0.234 e. The highest BCUT2D eigenvalue weighted by atomic mass is 32.1. The number of hydrogen-bond donors (Lipinski definition) is 2. The Bertz CT molecular complexity index is 330. The molecule has 13 heavy (non-hydrogen) atoms. The van der Waals surface area contributed by atoms with Crippen LogP contribution < -0.4 is 5.32 Å². The number of anilines is 1. The van der Waals surface area contributed by atoms with Gasteiger partial charge in [-0.3, -0.25) is 4.79 Å². The number of hydrogen-bond acceptors (Lipinski definition) is 2. The fourth-order valence-corrected chi connectivity index (χ4v) is 0.869. The van der Waals surface area contributed by atoms with Crippen molar-refractivity contribution < 1.29 is 13.6 Å². The van der Waals surface area contributed by atoms with Crippen LogP contribution in [0.15, 0.2) is 18.2 Å². The number of nitrogens with one attached hydrogen (secondary N) is 1. The number of rotatable bonds is 2. The summed E-state index contributed by atoms with van der Waals surface area (Å²) >= 11 is 3.68. The maximum atomic E-state index is 12.9. The fourth-order valence-electron chi connectivity index (χ4n) is 0.790. The zero-order valence-corrected chi connectivity index (χ0v) is 7.44. The van der Waals surface area contributed by atoms with Gasteiger partial charge in [0.1, 0.15) is 0 Å². The van der Waals surface area contributed by atoms with Crippen molar-refractivity contribution >= 4 is 24.2 Å². The normalized spacial score (nSPS) is 9.77. The first kappa shape index (κ1) is 9.98. The third-order valence-electron chi connectivity index (χ3n) is 1.37. The smallest absolute Gasteiger partial charge is 0.234 e. The quantitative estimate of drug-likeness (QED) is 0.705. The molecule has 70 valence electrons. The summed E-state index contributed by atoms with van der Waals surface area (Å²) < 4.78 is 25.5. The Morgan fingerprint density at radius 1 is 1.46 bits per heavy atom. The molecule has 0 heterocycles. The second-order valence-electron chi connectivity index (χ2n) is 2.31. The average Bonchev–Trinajstić information content (AvgIpc) is 2.13. The van der Waals surface area contributed by atoms with Crippen molar-refractivity contribution in [1.82, 2.24) is 0 Å². The van der Waals surface area contributed by atoms with Gasteiger partial charge in [0.05, 0.1) is 11.4 Å². The van der Waals surface area contributed by atoms with E-state index in [4.69, 9.17) is 0 Å². The van der Waals surface area contributed by atoms with Crippen molar-refractivity contribution in [3.05, 3.63) is 29.8 Å². The van der Waals surface area contributed by atoms with Crippen LogP contribution in [0.25, 0.3) is 0 Å². The Hall–Kier alpha value is -1.10. The molecule has 1 amide bonds. The lowest BCUT2D eigenvalue weighted by Crippen LogP contribution is -2.14. The van der Waals surface area contributed by atoms with Crippen molar-refractivity contribution in [2.75, 3.05) is 11.1 Å². The van der Waals surface area contributed by atoms with Crippen molar-refractivity contribution in [3.8, 4) is 0 Å². The Kier molecular flexibility index (Phi) is 3.25. The summed E-state index contributed by atoms with van der Waals surface area (Å²) in [7, 11) is 0. The van der Waals surface area contributed by atoms with E-state index >= 15 is 0 Å².